The Morgan fingerprint density at radius 2 is 1.53 bits per heavy atom. The third-order valence-corrected chi connectivity index (χ3v) is 7.99. The number of nitrogens with one attached hydrogen (secondary N) is 1. The lowest BCUT2D eigenvalue weighted by Crippen LogP contribution is -2.44. The molecule has 2 aromatic carbocycles. The zero-order valence-electron chi connectivity index (χ0n) is 19.3. The first kappa shape index (κ1) is 24.2. The summed E-state index contributed by atoms with van der Waals surface area (Å²) < 4.78 is 26.6. The number of piperazine rings is 1. The summed E-state index contributed by atoms with van der Waals surface area (Å²) in [5.41, 5.74) is 2.90. The van der Waals surface area contributed by atoms with Gasteiger partial charge in [0.15, 0.2) is 0 Å². The van der Waals surface area contributed by atoms with Gasteiger partial charge in [-0.2, -0.15) is 4.31 Å². The number of rotatable bonds is 9. The molecule has 3 rings (SSSR count). The number of carbonyl (C=O) groups is 1. The Morgan fingerprint density at radius 3 is 2.09 bits per heavy atom. The molecule has 0 spiro atoms. The first-order valence-electron chi connectivity index (χ1n) is 11.3. The monoisotopic (exact) mass is 458 g/mol. The lowest BCUT2D eigenvalue weighted by Gasteiger charge is -2.34. The molecule has 1 heterocycles. The van der Waals surface area contributed by atoms with Crippen molar-refractivity contribution < 1.29 is 13.2 Å². The van der Waals surface area contributed by atoms with Gasteiger partial charge >= 0.3 is 0 Å². The second-order valence-electron chi connectivity index (χ2n) is 8.12. The third-order valence-electron chi connectivity index (χ3n) is 5.93. The van der Waals surface area contributed by atoms with Crippen molar-refractivity contribution >= 4 is 27.3 Å². The minimum absolute atomic E-state index is 0.0582. The van der Waals surface area contributed by atoms with Crippen LogP contribution in [0.2, 0.25) is 0 Å². The van der Waals surface area contributed by atoms with Gasteiger partial charge in [-0.15, -0.1) is 0 Å². The SMILES string of the molecule is CCN(CC)S(=O)(=O)c1ccc(CCC(=O)Nc2ccc(N3CCN(C)CC3)cc2)cc1. The van der Waals surface area contributed by atoms with E-state index in [2.05, 4.69) is 34.3 Å². The quantitative estimate of drug-likeness (QED) is 0.625. The van der Waals surface area contributed by atoms with E-state index < -0.39 is 10.0 Å². The van der Waals surface area contributed by atoms with E-state index in [0.29, 0.717) is 25.9 Å². The van der Waals surface area contributed by atoms with Gasteiger partial charge < -0.3 is 15.1 Å². The first-order chi connectivity index (χ1) is 15.3. The molecule has 0 atom stereocenters. The van der Waals surface area contributed by atoms with Gasteiger partial charge in [0, 0.05) is 57.1 Å². The van der Waals surface area contributed by atoms with Gasteiger partial charge in [0.1, 0.15) is 0 Å². The summed E-state index contributed by atoms with van der Waals surface area (Å²) in [7, 11) is -1.32. The van der Waals surface area contributed by atoms with Gasteiger partial charge in [-0.3, -0.25) is 4.79 Å². The first-order valence-corrected chi connectivity index (χ1v) is 12.7. The molecule has 0 unspecified atom stereocenters. The van der Waals surface area contributed by atoms with Crippen molar-refractivity contribution in [2.24, 2.45) is 0 Å². The number of hydrogen-bond acceptors (Lipinski definition) is 5. The number of hydrogen-bond donors (Lipinski definition) is 1. The predicted octanol–water partition coefficient (Wildman–Crippen LogP) is 3.04. The molecule has 1 aliphatic heterocycles. The second kappa shape index (κ2) is 10.9. The number of carbonyl (C=O) groups excluding carboxylic acids is 1. The minimum atomic E-state index is -3.46. The number of nitrogens with zero attached hydrogens (tertiary/aromatic N) is 3. The van der Waals surface area contributed by atoms with Crippen molar-refractivity contribution in [3.8, 4) is 0 Å². The Labute approximate surface area is 192 Å². The lowest BCUT2D eigenvalue weighted by molar-refractivity contribution is -0.116. The largest absolute Gasteiger partial charge is 0.369 e. The van der Waals surface area contributed by atoms with Crippen molar-refractivity contribution in [3.63, 3.8) is 0 Å². The highest BCUT2D eigenvalue weighted by Gasteiger charge is 2.21. The van der Waals surface area contributed by atoms with Crippen molar-refractivity contribution in [2.75, 3.05) is 56.5 Å². The van der Waals surface area contributed by atoms with E-state index in [1.54, 1.807) is 24.3 Å². The molecule has 8 heteroatoms. The fourth-order valence-electron chi connectivity index (χ4n) is 3.84. The molecular formula is C24H34N4O3S. The molecule has 0 bridgehead atoms. The summed E-state index contributed by atoms with van der Waals surface area (Å²) in [4.78, 5) is 17.3. The average molecular weight is 459 g/mol. The fraction of sp³-hybridized carbons (Fsp3) is 0.458. The van der Waals surface area contributed by atoms with Gasteiger partial charge in [-0.25, -0.2) is 8.42 Å². The van der Waals surface area contributed by atoms with Gasteiger partial charge in [-0.05, 0) is 55.4 Å². The highest BCUT2D eigenvalue weighted by atomic mass is 32.2. The predicted molar refractivity (Wildman–Crippen MR) is 130 cm³/mol. The lowest BCUT2D eigenvalue weighted by atomic mass is 10.1. The third kappa shape index (κ3) is 6.09. The summed E-state index contributed by atoms with van der Waals surface area (Å²) >= 11 is 0. The number of sulfonamides is 1. The minimum Gasteiger partial charge on any atom is -0.369 e. The molecule has 0 saturated carbocycles. The van der Waals surface area contributed by atoms with Gasteiger partial charge in [-0.1, -0.05) is 26.0 Å². The molecule has 1 N–H and O–H groups in total. The Balaban J connectivity index is 1.50. The van der Waals surface area contributed by atoms with Gasteiger partial charge in [0.25, 0.3) is 0 Å². The zero-order valence-corrected chi connectivity index (χ0v) is 20.1. The molecule has 1 amide bonds. The highest BCUT2D eigenvalue weighted by molar-refractivity contribution is 7.89. The van der Waals surface area contributed by atoms with E-state index >= 15 is 0 Å². The molecule has 32 heavy (non-hydrogen) atoms. The molecule has 0 aliphatic carbocycles. The van der Waals surface area contributed by atoms with Crippen molar-refractivity contribution in [2.45, 2.75) is 31.6 Å². The molecule has 7 nitrogen and oxygen atoms in total. The highest BCUT2D eigenvalue weighted by Crippen LogP contribution is 2.20. The van der Waals surface area contributed by atoms with Gasteiger partial charge in [0.2, 0.25) is 15.9 Å². The standard InChI is InChI=1S/C24H34N4O3S/c1-4-28(5-2)32(30,31)23-13-6-20(7-14-23)8-15-24(29)25-21-9-11-22(12-10-21)27-18-16-26(3)17-19-27/h6-7,9-14H,4-5,8,15-19H2,1-3H3,(H,25,29). The average Bonchev–Trinajstić information content (AvgIpc) is 2.80. The zero-order chi connectivity index (χ0) is 23.1. The van der Waals surface area contributed by atoms with E-state index in [0.717, 1.165) is 37.4 Å². The smallest absolute Gasteiger partial charge is 0.243 e. The number of benzene rings is 2. The Morgan fingerprint density at radius 1 is 0.938 bits per heavy atom. The van der Waals surface area contributed by atoms with Crippen LogP contribution in [0.5, 0.6) is 0 Å². The van der Waals surface area contributed by atoms with Crippen LogP contribution in [0.3, 0.4) is 0 Å². The van der Waals surface area contributed by atoms with Crippen LogP contribution in [0.4, 0.5) is 11.4 Å². The van der Waals surface area contributed by atoms with Crippen LogP contribution in [0.15, 0.2) is 53.4 Å². The number of aryl methyl sites for hydroxylation is 1. The van der Waals surface area contributed by atoms with Crippen molar-refractivity contribution in [1.82, 2.24) is 9.21 Å². The van der Waals surface area contributed by atoms with Crippen LogP contribution in [-0.2, 0) is 21.2 Å². The Bertz CT molecular complexity index is 979. The summed E-state index contributed by atoms with van der Waals surface area (Å²) in [6.07, 6.45) is 0.888. The summed E-state index contributed by atoms with van der Waals surface area (Å²) in [6, 6.07) is 14.8. The van der Waals surface area contributed by atoms with E-state index in [1.807, 2.05) is 26.0 Å². The molecule has 2 aromatic rings. The summed E-state index contributed by atoms with van der Waals surface area (Å²) in [5.74, 6) is -0.0582. The van der Waals surface area contributed by atoms with Crippen molar-refractivity contribution in [3.05, 3.63) is 54.1 Å². The Kier molecular flexibility index (Phi) is 8.28. The molecule has 1 saturated heterocycles. The van der Waals surface area contributed by atoms with Crippen LogP contribution < -0.4 is 10.2 Å². The molecule has 174 valence electrons. The van der Waals surface area contributed by atoms with Gasteiger partial charge in [0.05, 0.1) is 4.90 Å². The normalized spacial score (nSPS) is 15.2. The van der Waals surface area contributed by atoms with Crippen LogP contribution in [0.1, 0.15) is 25.8 Å². The number of anilines is 2. The van der Waals surface area contributed by atoms with E-state index in [9.17, 15) is 13.2 Å². The van der Waals surface area contributed by atoms with Crippen LogP contribution in [-0.4, -0.2) is 69.8 Å². The maximum atomic E-state index is 12.6. The molecule has 1 fully saturated rings. The van der Waals surface area contributed by atoms with E-state index in [-0.39, 0.29) is 10.8 Å². The fourth-order valence-corrected chi connectivity index (χ4v) is 5.30. The van der Waals surface area contributed by atoms with Crippen LogP contribution >= 0.6 is 0 Å². The molecule has 0 aromatic heterocycles. The maximum absolute atomic E-state index is 12.6. The molecular weight excluding hydrogens is 424 g/mol. The topological polar surface area (TPSA) is 73.0 Å². The number of likely N-dealkylation sites (N-methyl/N-ethyl adjacent to an activating group) is 1. The van der Waals surface area contributed by atoms with Crippen LogP contribution in [0, 0.1) is 0 Å². The van der Waals surface area contributed by atoms with E-state index in [1.165, 1.54) is 9.99 Å². The molecule has 1 aliphatic rings. The van der Waals surface area contributed by atoms with E-state index in [4.69, 9.17) is 0 Å². The molecule has 0 radical (unpaired) electrons. The van der Waals surface area contributed by atoms with Crippen molar-refractivity contribution in [1.29, 1.82) is 0 Å². The second-order valence-corrected chi connectivity index (χ2v) is 10.1. The maximum Gasteiger partial charge on any atom is 0.243 e. The Hall–Kier alpha value is -2.42. The van der Waals surface area contributed by atoms with Crippen LogP contribution in [0.25, 0.3) is 0 Å². The number of amides is 1. The summed E-state index contributed by atoms with van der Waals surface area (Å²) in [5, 5.41) is 2.95. The summed E-state index contributed by atoms with van der Waals surface area (Å²) in [6.45, 7) is 8.67.